The number of aliphatic carboxylic acids is 1. The van der Waals surface area contributed by atoms with Crippen molar-refractivity contribution in [3.05, 3.63) is 41.0 Å². The van der Waals surface area contributed by atoms with Gasteiger partial charge in [0.1, 0.15) is 0 Å². The zero-order valence-corrected chi connectivity index (χ0v) is 12.4. The number of aryl methyl sites for hydroxylation is 1. The van der Waals surface area contributed by atoms with Crippen LogP contribution in [0.15, 0.2) is 24.3 Å². The van der Waals surface area contributed by atoms with Gasteiger partial charge in [0.25, 0.3) is 5.91 Å². The van der Waals surface area contributed by atoms with E-state index in [4.69, 9.17) is 9.84 Å². The zero-order valence-electron chi connectivity index (χ0n) is 12.4. The van der Waals surface area contributed by atoms with Crippen molar-refractivity contribution < 1.29 is 19.4 Å². The highest BCUT2D eigenvalue weighted by Gasteiger charge is 2.06. The Morgan fingerprint density at radius 2 is 2.10 bits per heavy atom. The molecule has 0 unspecified atom stereocenters. The third kappa shape index (κ3) is 6.72. The predicted octanol–water partition coefficient (Wildman–Crippen LogP) is 2.25. The number of carboxylic acids is 1. The molecule has 0 bridgehead atoms. The Bertz CT molecular complexity index is 523. The largest absolute Gasteiger partial charge is 0.478 e. The van der Waals surface area contributed by atoms with E-state index in [1.807, 2.05) is 19.9 Å². The molecule has 2 N–H and O–H groups in total. The van der Waals surface area contributed by atoms with E-state index in [0.717, 1.165) is 18.1 Å². The molecule has 0 aliphatic heterocycles. The number of rotatable bonds is 8. The SMILES string of the molecule is CCOCCCNC(=O)c1cc(C)cc(/C=C/C(=O)O)c1. The quantitative estimate of drug-likeness (QED) is 0.569. The van der Waals surface area contributed by atoms with Gasteiger partial charge >= 0.3 is 5.97 Å². The number of carboxylic acid groups (broad SMARTS) is 1. The molecule has 21 heavy (non-hydrogen) atoms. The van der Waals surface area contributed by atoms with Gasteiger partial charge in [-0.25, -0.2) is 4.79 Å². The molecule has 0 spiro atoms. The van der Waals surface area contributed by atoms with E-state index < -0.39 is 5.97 Å². The fourth-order valence-corrected chi connectivity index (χ4v) is 1.83. The van der Waals surface area contributed by atoms with Crippen molar-refractivity contribution >= 4 is 18.0 Å². The molecule has 0 saturated heterocycles. The highest BCUT2D eigenvalue weighted by Crippen LogP contribution is 2.11. The van der Waals surface area contributed by atoms with Gasteiger partial charge in [0.05, 0.1) is 0 Å². The van der Waals surface area contributed by atoms with Gasteiger partial charge in [0.2, 0.25) is 0 Å². The summed E-state index contributed by atoms with van der Waals surface area (Å²) >= 11 is 0. The first-order valence-corrected chi connectivity index (χ1v) is 6.91. The molecule has 1 aromatic rings. The van der Waals surface area contributed by atoms with E-state index in [1.54, 1.807) is 12.1 Å². The van der Waals surface area contributed by atoms with Crippen LogP contribution in [0.3, 0.4) is 0 Å². The van der Waals surface area contributed by atoms with Crippen LogP contribution in [0.25, 0.3) is 6.08 Å². The normalized spacial score (nSPS) is 10.8. The summed E-state index contributed by atoms with van der Waals surface area (Å²) in [6, 6.07) is 5.27. The molecule has 0 saturated carbocycles. The fourth-order valence-electron chi connectivity index (χ4n) is 1.83. The summed E-state index contributed by atoms with van der Waals surface area (Å²) in [6.45, 7) is 5.64. The van der Waals surface area contributed by atoms with E-state index in [9.17, 15) is 9.59 Å². The summed E-state index contributed by atoms with van der Waals surface area (Å²) in [5.41, 5.74) is 2.12. The van der Waals surface area contributed by atoms with Gasteiger partial charge < -0.3 is 15.2 Å². The predicted molar refractivity (Wildman–Crippen MR) is 81.3 cm³/mol. The lowest BCUT2D eigenvalue weighted by Gasteiger charge is -2.07. The van der Waals surface area contributed by atoms with E-state index in [1.165, 1.54) is 6.08 Å². The Labute approximate surface area is 124 Å². The lowest BCUT2D eigenvalue weighted by Crippen LogP contribution is -2.25. The van der Waals surface area contributed by atoms with Crippen LogP contribution in [-0.2, 0) is 9.53 Å². The van der Waals surface area contributed by atoms with Crippen molar-refractivity contribution in [1.82, 2.24) is 5.32 Å². The van der Waals surface area contributed by atoms with Crippen LogP contribution >= 0.6 is 0 Å². The molecule has 0 aromatic heterocycles. The highest BCUT2D eigenvalue weighted by atomic mass is 16.5. The molecule has 0 heterocycles. The Kier molecular flexibility index (Phi) is 7.18. The number of benzene rings is 1. The molecular weight excluding hydrogens is 270 g/mol. The minimum atomic E-state index is -1.02. The second-order valence-corrected chi connectivity index (χ2v) is 4.61. The van der Waals surface area contributed by atoms with Crippen molar-refractivity contribution in [1.29, 1.82) is 0 Å². The molecule has 0 aliphatic carbocycles. The third-order valence-electron chi connectivity index (χ3n) is 2.74. The van der Waals surface area contributed by atoms with Crippen molar-refractivity contribution in [2.45, 2.75) is 20.3 Å². The maximum Gasteiger partial charge on any atom is 0.328 e. The topological polar surface area (TPSA) is 75.6 Å². The van der Waals surface area contributed by atoms with Crippen LogP contribution in [-0.4, -0.2) is 36.7 Å². The summed E-state index contributed by atoms with van der Waals surface area (Å²) in [4.78, 5) is 22.6. The van der Waals surface area contributed by atoms with E-state index in [0.29, 0.717) is 30.9 Å². The number of hydrogen-bond acceptors (Lipinski definition) is 3. The molecule has 1 rings (SSSR count). The molecule has 0 aliphatic rings. The third-order valence-corrected chi connectivity index (χ3v) is 2.74. The molecule has 5 nitrogen and oxygen atoms in total. The summed E-state index contributed by atoms with van der Waals surface area (Å²) in [5, 5.41) is 11.4. The van der Waals surface area contributed by atoms with Crippen molar-refractivity contribution in [2.24, 2.45) is 0 Å². The average molecular weight is 291 g/mol. The van der Waals surface area contributed by atoms with Gasteiger partial charge in [-0.2, -0.15) is 0 Å². The number of carbonyl (C=O) groups is 2. The monoisotopic (exact) mass is 291 g/mol. The van der Waals surface area contributed by atoms with Crippen LogP contribution in [0.5, 0.6) is 0 Å². The number of ether oxygens (including phenoxy) is 1. The Morgan fingerprint density at radius 1 is 1.33 bits per heavy atom. The van der Waals surface area contributed by atoms with Crippen LogP contribution in [0.4, 0.5) is 0 Å². The lowest BCUT2D eigenvalue weighted by atomic mass is 10.1. The Balaban J connectivity index is 2.64. The van der Waals surface area contributed by atoms with Gasteiger partial charge in [0.15, 0.2) is 0 Å². The number of hydrogen-bond donors (Lipinski definition) is 2. The summed E-state index contributed by atoms with van der Waals surface area (Å²) in [5.74, 6) is -1.18. The van der Waals surface area contributed by atoms with Gasteiger partial charge in [-0.05, 0) is 49.6 Å². The fraction of sp³-hybridized carbons (Fsp3) is 0.375. The second-order valence-electron chi connectivity index (χ2n) is 4.61. The minimum Gasteiger partial charge on any atom is -0.478 e. The maximum absolute atomic E-state index is 12.0. The number of nitrogens with one attached hydrogen (secondary N) is 1. The van der Waals surface area contributed by atoms with Gasteiger partial charge in [-0.15, -0.1) is 0 Å². The molecule has 1 aromatic carbocycles. The molecule has 0 radical (unpaired) electrons. The molecule has 1 amide bonds. The maximum atomic E-state index is 12.0. The first-order chi connectivity index (χ1) is 10.0. The van der Waals surface area contributed by atoms with E-state index >= 15 is 0 Å². The first kappa shape index (κ1) is 16.9. The standard InChI is InChI=1S/C16H21NO4/c1-3-21-8-4-7-17-16(20)14-10-12(2)9-13(11-14)5-6-15(18)19/h5-6,9-11H,3-4,7-8H2,1-2H3,(H,17,20)(H,18,19)/b6-5+. The molecule has 5 heteroatoms. The van der Waals surface area contributed by atoms with Crippen LogP contribution in [0, 0.1) is 6.92 Å². The number of carbonyl (C=O) groups excluding carboxylic acids is 1. The Hall–Kier alpha value is -2.14. The average Bonchev–Trinajstić information content (AvgIpc) is 2.44. The number of amides is 1. The van der Waals surface area contributed by atoms with E-state index in [2.05, 4.69) is 5.32 Å². The minimum absolute atomic E-state index is 0.167. The van der Waals surface area contributed by atoms with Gasteiger partial charge in [-0.1, -0.05) is 6.07 Å². The molecular formula is C16H21NO4. The Morgan fingerprint density at radius 3 is 2.76 bits per heavy atom. The van der Waals surface area contributed by atoms with Crippen LogP contribution < -0.4 is 5.32 Å². The van der Waals surface area contributed by atoms with Gasteiger partial charge in [0, 0.05) is 31.4 Å². The smallest absolute Gasteiger partial charge is 0.328 e. The van der Waals surface area contributed by atoms with Crippen molar-refractivity contribution in [2.75, 3.05) is 19.8 Å². The highest BCUT2D eigenvalue weighted by molar-refractivity contribution is 5.95. The second kappa shape index (κ2) is 8.92. The van der Waals surface area contributed by atoms with Gasteiger partial charge in [-0.3, -0.25) is 4.79 Å². The first-order valence-electron chi connectivity index (χ1n) is 6.91. The zero-order chi connectivity index (χ0) is 15.7. The van der Waals surface area contributed by atoms with Crippen molar-refractivity contribution in [3.8, 4) is 0 Å². The van der Waals surface area contributed by atoms with Crippen LogP contribution in [0.1, 0.15) is 34.8 Å². The molecule has 0 atom stereocenters. The summed E-state index contributed by atoms with van der Waals surface area (Å²) < 4.78 is 5.20. The summed E-state index contributed by atoms with van der Waals surface area (Å²) in [7, 11) is 0. The van der Waals surface area contributed by atoms with Crippen LogP contribution in [0.2, 0.25) is 0 Å². The molecule has 114 valence electrons. The van der Waals surface area contributed by atoms with E-state index in [-0.39, 0.29) is 5.91 Å². The van der Waals surface area contributed by atoms with Crippen molar-refractivity contribution in [3.63, 3.8) is 0 Å². The summed E-state index contributed by atoms with van der Waals surface area (Å²) in [6.07, 6.45) is 3.29. The lowest BCUT2D eigenvalue weighted by molar-refractivity contribution is -0.131. The molecule has 0 fully saturated rings.